The lowest BCUT2D eigenvalue weighted by Crippen LogP contribution is -1.85. The Bertz CT molecular complexity index is 267. The molecule has 191 valence electrons. The molecule has 3 radical (unpaired) electrons. The van der Waals surface area contributed by atoms with Crippen LogP contribution in [0.15, 0.2) is 0 Å². The van der Waals surface area contributed by atoms with Crippen LogP contribution in [0.3, 0.4) is 0 Å². The van der Waals surface area contributed by atoms with Gasteiger partial charge in [0.2, 0.25) is 0 Å². The van der Waals surface area contributed by atoms with E-state index in [1.165, 1.54) is 173 Å². The fraction of sp³-hybridized carbons (Fsp3) is 1.00. The lowest BCUT2D eigenvalue weighted by molar-refractivity contribution is 0.282. The van der Waals surface area contributed by atoms with E-state index in [9.17, 15) is 0 Å². The Kier molecular flexibility index (Phi) is 36.5. The van der Waals surface area contributed by atoms with Crippen molar-refractivity contribution in [2.24, 2.45) is 0 Å². The SMILES string of the molecule is CCCCCCCCCCCCCCCCCCCCCCCCCCCCCCO.[Al]. The van der Waals surface area contributed by atoms with Crippen molar-refractivity contribution in [1.29, 1.82) is 0 Å². The summed E-state index contributed by atoms with van der Waals surface area (Å²) in [5.41, 5.74) is 0. The van der Waals surface area contributed by atoms with Crippen molar-refractivity contribution >= 4 is 17.4 Å². The molecular weight excluding hydrogens is 403 g/mol. The second-order valence-electron chi connectivity index (χ2n) is 10.3. The summed E-state index contributed by atoms with van der Waals surface area (Å²) in [6, 6.07) is 0. The third-order valence-electron chi connectivity index (χ3n) is 7.01. The lowest BCUT2D eigenvalue weighted by Gasteiger charge is -2.04. The van der Waals surface area contributed by atoms with E-state index in [0.717, 1.165) is 6.42 Å². The molecule has 0 aromatic heterocycles. The van der Waals surface area contributed by atoms with Gasteiger partial charge in [-0.3, -0.25) is 0 Å². The molecule has 0 saturated heterocycles. The molecule has 0 amide bonds. The molecule has 0 aliphatic heterocycles. The maximum absolute atomic E-state index is 8.76. The fourth-order valence-corrected chi connectivity index (χ4v) is 4.78. The molecule has 0 aliphatic carbocycles. The van der Waals surface area contributed by atoms with E-state index in [2.05, 4.69) is 6.92 Å². The molecule has 0 saturated carbocycles. The summed E-state index contributed by atoms with van der Waals surface area (Å²) in [5, 5.41) is 8.76. The van der Waals surface area contributed by atoms with Gasteiger partial charge < -0.3 is 5.11 Å². The van der Waals surface area contributed by atoms with E-state index in [1.54, 1.807) is 0 Å². The summed E-state index contributed by atoms with van der Waals surface area (Å²) in [6.07, 6.45) is 40.1. The zero-order chi connectivity index (χ0) is 22.5. The Morgan fingerprint density at radius 3 is 0.594 bits per heavy atom. The molecule has 0 bridgehead atoms. The molecule has 2 heteroatoms. The van der Waals surface area contributed by atoms with Crippen LogP contribution < -0.4 is 0 Å². The third-order valence-corrected chi connectivity index (χ3v) is 7.01. The standard InChI is InChI=1S/C30H62O.Al/c1-2-3-4-5-6-7-8-9-10-11-12-13-14-15-16-17-18-19-20-21-22-23-24-25-26-27-28-29-30-31;/h31H,2-30H2,1H3;. The van der Waals surface area contributed by atoms with Gasteiger partial charge in [0, 0.05) is 24.0 Å². The highest BCUT2D eigenvalue weighted by atomic mass is 27.0. The number of aliphatic hydroxyl groups is 1. The second kappa shape index (κ2) is 33.7. The summed E-state index contributed by atoms with van der Waals surface area (Å²) >= 11 is 0. The van der Waals surface area contributed by atoms with E-state index in [4.69, 9.17) is 5.11 Å². The Morgan fingerprint density at radius 2 is 0.438 bits per heavy atom. The minimum atomic E-state index is 0. The molecule has 0 heterocycles. The first kappa shape index (κ1) is 34.7. The smallest absolute Gasteiger partial charge is 0.0431 e. The summed E-state index contributed by atoms with van der Waals surface area (Å²) in [6.45, 7) is 2.68. The van der Waals surface area contributed by atoms with Gasteiger partial charge in [-0.25, -0.2) is 0 Å². The van der Waals surface area contributed by atoms with Gasteiger partial charge in [0.05, 0.1) is 0 Å². The quantitative estimate of drug-likeness (QED) is 0.0899. The van der Waals surface area contributed by atoms with Crippen LogP contribution in [-0.4, -0.2) is 29.1 Å². The third kappa shape index (κ3) is 32.7. The van der Waals surface area contributed by atoms with Crippen molar-refractivity contribution in [3.05, 3.63) is 0 Å². The molecule has 0 unspecified atom stereocenters. The normalized spacial score (nSPS) is 11.1. The number of aliphatic hydroxyl groups excluding tert-OH is 1. The summed E-state index contributed by atoms with van der Waals surface area (Å²) < 4.78 is 0. The van der Waals surface area contributed by atoms with Gasteiger partial charge in [0.15, 0.2) is 0 Å². The van der Waals surface area contributed by atoms with Crippen LogP contribution in [-0.2, 0) is 0 Å². The number of hydrogen-bond acceptors (Lipinski definition) is 1. The van der Waals surface area contributed by atoms with Gasteiger partial charge in [0.1, 0.15) is 0 Å². The zero-order valence-electron chi connectivity index (χ0n) is 22.5. The van der Waals surface area contributed by atoms with Crippen LogP contribution >= 0.6 is 0 Å². The van der Waals surface area contributed by atoms with E-state index in [0.29, 0.717) is 6.61 Å². The predicted molar refractivity (Wildman–Crippen MR) is 148 cm³/mol. The van der Waals surface area contributed by atoms with E-state index in [-0.39, 0.29) is 17.4 Å². The summed E-state index contributed by atoms with van der Waals surface area (Å²) in [4.78, 5) is 0. The van der Waals surface area contributed by atoms with Gasteiger partial charge in [0.25, 0.3) is 0 Å². The van der Waals surface area contributed by atoms with Crippen molar-refractivity contribution < 1.29 is 5.11 Å². The number of rotatable bonds is 28. The first-order chi connectivity index (χ1) is 15.4. The van der Waals surface area contributed by atoms with Crippen LogP contribution in [0, 0.1) is 0 Å². The van der Waals surface area contributed by atoms with Crippen LogP contribution in [0.1, 0.15) is 187 Å². The molecule has 0 fully saturated rings. The maximum Gasteiger partial charge on any atom is 0.0431 e. The zero-order valence-corrected chi connectivity index (χ0v) is 23.7. The predicted octanol–water partition coefficient (Wildman–Crippen LogP) is 10.5. The van der Waals surface area contributed by atoms with Crippen molar-refractivity contribution in [3.8, 4) is 0 Å². The summed E-state index contributed by atoms with van der Waals surface area (Å²) in [5.74, 6) is 0. The molecule has 0 atom stereocenters. The molecule has 32 heavy (non-hydrogen) atoms. The van der Waals surface area contributed by atoms with Crippen LogP contribution in [0.25, 0.3) is 0 Å². The van der Waals surface area contributed by atoms with Gasteiger partial charge in [-0.15, -0.1) is 0 Å². The van der Waals surface area contributed by atoms with Crippen molar-refractivity contribution in [2.45, 2.75) is 187 Å². The minimum Gasteiger partial charge on any atom is -0.396 e. The largest absolute Gasteiger partial charge is 0.396 e. The Morgan fingerprint density at radius 1 is 0.281 bits per heavy atom. The number of unbranched alkanes of at least 4 members (excludes halogenated alkanes) is 27. The number of hydrogen-bond donors (Lipinski definition) is 1. The molecule has 0 aliphatic rings. The lowest BCUT2D eigenvalue weighted by atomic mass is 10.0. The Hall–Kier alpha value is 0.492. The minimum absolute atomic E-state index is 0. The Balaban J connectivity index is 0. The van der Waals surface area contributed by atoms with Crippen LogP contribution in [0.5, 0.6) is 0 Å². The van der Waals surface area contributed by atoms with Crippen molar-refractivity contribution in [3.63, 3.8) is 0 Å². The Labute approximate surface area is 215 Å². The van der Waals surface area contributed by atoms with E-state index in [1.807, 2.05) is 0 Å². The molecule has 0 aromatic rings. The molecule has 0 rings (SSSR count). The van der Waals surface area contributed by atoms with E-state index >= 15 is 0 Å². The maximum atomic E-state index is 8.76. The van der Waals surface area contributed by atoms with Gasteiger partial charge in [-0.05, 0) is 6.42 Å². The van der Waals surface area contributed by atoms with Crippen molar-refractivity contribution in [1.82, 2.24) is 0 Å². The molecule has 0 aromatic carbocycles. The highest BCUT2D eigenvalue weighted by Crippen LogP contribution is 2.16. The fourth-order valence-electron chi connectivity index (χ4n) is 4.78. The average Bonchev–Trinajstić information content (AvgIpc) is 2.78. The van der Waals surface area contributed by atoms with E-state index < -0.39 is 0 Å². The topological polar surface area (TPSA) is 20.2 Å². The van der Waals surface area contributed by atoms with Gasteiger partial charge >= 0.3 is 0 Å². The highest BCUT2D eigenvalue weighted by molar-refractivity contribution is 5.75. The van der Waals surface area contributed by atoms with Crippen molar-refractivity contribution in [2.75, 3.05) is 6.61 Å². The molecule has 1 N–H and O–H groups in total. The average molecular weight is 466 g/mol. The van der Waals surface area contributed by atoms with Crippen LogP contribution in [0.4, 0.5) is 0 Å². The highest BCUT2D eigenvalue weighted by Gasteiger charge is 1.96. The monoisotopic (exact) mass is 465 g/mol. The second-order valence-corrected chi connectivity index (χ2v) is 10.3. The summed E-state index contributed by atoms with van der Waals surface area (Å²) in [7, 11) is 0. The van der Waals surface area contributed by atoms with Gasteiger partial charge in [-0.1, -0.05) is 180 Å². The van der Waals surface area contributed by atoms with Crippen LogP contribution in [0.2, 0.25) is 0 Å². The van der Waals surface area contributed by atoms with Gasteiger partial charge in [-0.2, -0.15) is 0 Å². The first-order valence-corrected chi connectivity index (χ1v) is 15.0. The molecular formula is C30H62AlO. The first-order valence-electron chi connectivity index (χ1n) is 15.0. The molecule has 0 spiro atoms. The molecule has 1 nitrogen and oxygen atoms in total.